The van der Waals surface area contributed by atoms with Gasteiger partial charge in [0.1, 0.15) is 6.04 Å². The minimum Gasteiger partial charge on any atom is -0.481 e. The van der Waals surface area contributed by atoms with Crippen LogP contribution in [0.2, 0.25) is 0 Å². The molecule has 6 heteroatoms. The molecular formula is C12H16N2O3S. The summed E-state index contributed by atoms with van der Waals surface area (Å²) in [5.41, 5.74) is 0. The molecular weight excluding hydrogens is 252 g/mol. The summed E-state index contributed by atoms with van der Waals surface area (Å²) in [7, 11) is 0. The first kappa shape index (κ1) is 13.0. The molecule has 1 fully saturated rings. The normalized spacial score (nSPS) is 22.5. The standard InChI is InChI=1S/C12H16N2O3S/c1-8(10-3-2-6-18-10)14-5-4-13-12(17)9(14)7-11(15)16/h2-3,6,8-9H,4-5,7H2,1H3,(H,13,17)(H,15,16). The van der Waals surface area contributed by atoms with Gasteiger partial charge in [0.25, 0.3) is 0 Å². The number of rotatable bonds is 4. The molecule has 1 amide bonds. The molecule has 0 bridgehead atoms. The Kier molecular flexibility index (Phi) is 3.98. The maximum Gasteiger partial charge on any atom is 0.305 e. The predicted octanol–water partition coefficient (Wildman–Crippen LogP) is 1.08. The first-order valence-electron chi connectivity index (χ1n) is 5.88. The fourth-order valence-corrected chi connectivity index (χ4v) is 3.07. The van der Waals surface area contributed by atoms with Crippen LogP contribution in [0.15, 0.2) is 17.5 Å². The average Bonchev–Trinajstić information content (AvgIpc) is 2.84. The van der Waals surface area contributed by atoms with Crippen LogP contribution in [0.5, 0.6) is 0 Å². The molecule has 2 heterocycles. The van der Waals surface area contributed by atoms with Crippen LogP contribution in [-0.4, -0.2) is 41.0 Å². The summed E-state index contributed by atoms with van der Waals surface area (Å²) in [4.78, 5) is 25.8. The van der Waals surface area contributed by atoms with Crippen LogP contribution in [0.4, 0.5) is 0 Å². The molecule has 1 saturated heterocycles. The first-order valence-corrected chi connectivity index (χ1v) is 6.76. The second-order valence-electron chi connectivity index (χ2n) is 4.33. The smallest absolute Gasteiger partial charge is 0.305 e. The number of hydrogen-bond acceptors (Lipinski definition) is 4. The van der Waals surface area contributed by atoms with Crippen molar-refractivity contribution < 1.29 is 14.7 Å². The van der Waals surface area contributed by atoms with Gasteiger partial charge in [0, 0.05) is 24.0 Å². The summed E-state index contributed by atoms with van der Waals surface area (Å²) in [6, 6.07) is 3.47. The van der Waals surface area contributed by atoms with Crippen LogP contribution in [-0.2, 0) is 9.59 Å². The monoisotopic (exact) mass is 268 g/mol. The Morgan fingerprint density at radius 1 is 1.72 bits per heavy atom. The van der Waals surface area contributed by atoms with E-state index in [9.17, 15) is 9.59 Å². The third-order valence-electron chi connectivity index (χ3n) is 3.19. The molecule has 2 rings (SSSR count). The molecule has 1 aromatic heterocycles. The highest BCUT2D eigenvalue weighted by Crippen LogP contribution is 2.28. The van der Waals surface area contributed by atoms with Gasteiger partial charge in [-0.1, -0.05) is 6.07 Å². The molecule has 98 valence electrons. The van der Waals surface area contributed by atoms with E-state index in [4.69, 9.17) is 5.11 Å². The van der Waals surface area contributed by atoms with Crippen molar-refractivity contribution in [2.75, 3.05) is 13.1 Å². The average molecular weight is 268 g/mol. The highest BCUT2D eigenvalue weighted by Gasteiger charge is 2.34. The molecule has 1 aliphatic heterocycles. The topological polar surface area (TPSA) is 69.6 Å². The summed E-state index contributed by atoms with van der Waals surface area (Å²) in [6.07, 6.45) is -0.151. The van der Waals surface area contributed by atoms with Crippen molar-refractivity contribution in [1.82, 2.24) is 10.2 Å². The van der Waals surface area contributed by atoms with Crippen LogP contribution in [0.25, 0.3) is 0 Å². The zero-order valence-electron chi connectivity index (χ0n) is 10.1. The van der Waals surface area contributed by atoms with Gasteiger partial charge in [-0.3, -0.25) is 14.5 Å². The number of carbonyl (C=O) groups is 2. The van der Waals surface area contributed by atoms with E-state index in [1.54, 1.807) is 11.3 Å². The predicted molar refractivity (Wildman–Crippen MR) is 68.5 cm³/mol. The van der Waals surface area contributed by atoms with Crippen LogP contribution in [0.3, 0.4) is 0 Å². The second-order valence-corrected chi connectivity index (χ2v) is 5.31. The SMILES string of the molecule is CC(c1cccs1)N1CCNC(=O)C1CC(=O)O. The fraction of sp³-hybridized carbons (Fsp3) is 0.500. The van der Waals surface area contributed by atoms with E-state index >= 15 is 0 Å². The summed E-state index contributed by atoms with van der Waals surface area (Å²) in [5.74, 6) is -1.13. The number of hydrogen-bond donors (Lipinski definition) is 2. The third-order valence-corrected chi connectivity index (χ3v) is 4.24. The summed E-state index contributed by atoms with van der Waals surface area (Å²) >= 11 is 1.63. The van der Waals surface area contributed by atoms with E-state index in [1.807, 2.05) is 29.3 Å². The lowest BCUT2D eigenvalue weighted by Crippen LogP contribution is -2.56. The second kappa shape index (κ2) is 5.49. The molecule has 0 radical (unpaired) electrons. The molecule has 2 unspecified atom stereocenters. The molecule has 18 heavy (non-hydrogen) atoms. The van der Waals surface area contributed by atoms with Crippen LogP contribution >= 0.6 is 11.3 Å². The Morgan fingerprint density at radius 3 is 3.11 bits per heavy atom. The van der Waals surface area contributed by atoms with Gasteiger partial charge in [-0.2, -0.15) is 0 Å². The van der Waals surface area contributed by atoms with E-state index in [1.165, 1.54) is 0 Å². The van der Waals surface area contributed by atoms with Crippen molar-refractivity contribution >= 4 is 23.2 Å². The Bertz CT molecular complexity index is 433. The number of nitrogens with zero attached hydrogens (tertiary/aromatic N) is 1. The molecule has 0 aliphatic carbocycles. The van der Waals surface area contributed by atoms with Crippen molar-refractivity contribution in [2.45, 2.75) is 25.4 Å². The zero-order valence-corrected chi connectivity index (χ0v) is 10.9. The minimum atomic E-state index is -0.944. The van der Waals surface area contributed by atoms with Gasteiger partial charge in [-0.05, 0) is 18.4 Å². The van der Waals surface area contributed by atoms with Gasteiger partial charge in [0.05, 0.1) is 6.42 Å². The third kappa shape index (κ3) is 2.70. The molecule has 0 aromatic carbocycles. The minimum absolute atomic E-state index is 0.0698. The van der Waals surface area contributed by atoms with Crippen molar-refractivity contribution in [3.63, 3.8) is 0 Å². The van der Waals surface area contributed by atoms with E-state index in [-0.39, 0.29) is 18.4 Å². The number of thiophene rings is 1. The lowest BCUT2D eigenvalue weighted by molar-refractivity contribution is -0.143. The van der Waals surface area contributed by atoms with E-state index in [2.05, 4.69) is 5.32 Å². The molecule has 5 nitrogen and oxygen atoms in total. The Hall–Kier alpha value is -1.40. The Balaban J connectivity index is 2.17. The largest absolute Gasteiger partial charge is 0.481 e. The summed E-state index contributed by atoms with van der Waals surface area (Å²) in [5, 5.41) is 13.6. The van der Waals surface area contributed by atoms with E-state index < -0.39 is 12.0 Å². The lowest BCUT2D eigenvalue weighted by Gasteiger charge is -2.38. The van der Waals surface area contributed by atoms with Crippen molar-refractivity contribution in [1.29, 1.82) is 0 Å². The number of nitrogens with one attached hydrogen (secondary N) is 1. The Morgan fingerprint density at radius 2 is 2.50 bits per heavy atom. The molecule has 1 aromatic rings. The number of carbonyl (C=O) groups excluding carboxylic acids is 1. The highest BCUT2D eigenvalue weighted by atomic mass is 32.1. The van der Waals surface area contributed by atoms with E-state index in [0.29, 0.717) is 13.1 Å². The molecule has 1 aliphatic rings. The van der Waals surface area contributed by atoms with E-state index in [0.717, 1.165) is 4.88 Å². The number of carboxylic acid groups (broad SMARTS) is 1. The van der Waals surface area contributed by atoms with Gasteiger partial charge in [0.2, 0.25) is 5.91 Å². The lowest BCUT2D eigenvalue weighted by atomic mass is 10.1. The van der Waals surface area contributed by atoms with Crippen molar-refractivity contribution in [3.8, 4) is 0 Å². The zero-order chi connectivity index (χ0) is 13.1. The number of carboxylic acids is 1. The van der Waals surface area contributed by atoms with Crippen LogP contribution in [0.1, 0.15) is 24.3 Å². The maximum atomic E-state index is 11.8. The summed E-state index contributed by atoms with van der Waals surface area (Å²) in [6.45, 7) is 3.27. The van der Waals surface area contributed by atoms with Crippen molar-refractivity contribution in [3.05, 3.63) is 22.4 Å². The van der Waals surface area contributed by atoms with Gasteiger partial charge >= 0.3 is 5.97 Å². The molecule has 2 atom stereocenters. The maximum absolute atomic E-state index is 11.8. The van der Waals surface area contributed by atoms with Gasteiger partial charge in [-0.15, -0.1) is 11.3 Å². The number of amides is 1. The fourth-order valence-electron chi connectivity index (χ4n) is 2.26. The van der Waals surface area contributed by atoms with Crippen LogP contribution < -0.4 is 5.32 Å². The Labute approximate surface area is 109 Å². The highest BCUT2D eigenvalue weighted by molar-refractivity contribution is 7.10. The molecule has 0 saturated carbocycles. The van der Waals surface area contributed by atoms with Gasteiger partial charge in [0.15, 0.2) is 0 Å². The summed E-state index contributed by atoms with van der Waals surface area (Å²) < 4.78 is 0. The van der Waals surface area contributed by atoms with Gasteiger partial charge in [-0.25, -0.2) is 0 Å². The first-order chi connectivity index (χ1) is 8.59. The number of piperazine rings is 1. The van der Waals surface area contributed by atoms with Crippen LogP contribution in [0, 0.1) is 0 Å². The van der Waals surface area contributed by atoms with Crippen molar-refractivity contribution in [2.24, 2.45) is 0 Å². The van der Waals surface area contributed by atoms with Gasteiger partial charge < -0.3 is 10.4 Å². The quantitative estimate of drug-likeness (QED) is 0.857. The molecule has 2 N–H and O–H groups in total. The molecule has 0 spiro atoms. The number of aliphatic carboxylic acids is 1.